The van der Waals surface area contributed by atoms with Crippen molar-refractivity contribution >= 4 is 20.4 Å². The van der Waals surface area contributed by atoms with Gasteiger partial charge in [-0.2, -0.15) is 83.1 Å². The fraction of sp³-hybridized carbons (Fsp3) is 0.333. The van der Waals surface area contributed by atoms with Crippen molar-refractivity contribution in [3.63, 3.8) is 0 Å². The molecule has 0 atom stereocenters. The van der Waals surface area contributed by atoms with E-state index in [0.717, 1.165) is 66.7 Å². The molecule has 3 nitrogen and oxygen atoms in total. The molecule has 3 aromatic carbocycles. The van der Waals surface area contributed by atoms with Gasteiger partial charge in [-0.05, 0) is 59.2 Å². The standard InChI is InChI=1S/C27H17F17O3S2/c1-16-9-8-14-19(15-16)48(17-10-4-2-5-11-17,18-12-6-3-7-13-18)47-49(45,46)27(43,44)25(38,39)23(34,35)21(30,31)20(28,29)22(32,33)24(36,37)26(40,41)42/h2-15H,1H3. The van der Waals surface area contributed by atoms with Crippen LogP contribution in [0.3, 0.4) is 0 Å². The summed E-state index contributed by atoms with van der Waals surface area (Å²) in [5.74, 6) is -52.3. The van der Waals surface area contributed by atoms with Crippen LogP contribution < -0.4 is 0 Å². The summed E-state index contributed by atoms with van der Waals surface area (Å²) in [6, 6.07) is 15.3. The second-order valence-corrected chi connectivity index (χ2v) is 14.5. The highest BCUT2D eigenvalue weighted by Gasteiger charge is 2.96. The number of halogens is 17. The van der Waals surface area contributed by atoms with Crippen molar-refractivity contribution in [3.8, 4) is 0 Å². The molecule has 0 aliphatic heterocycles. The fourth-order valence-electron chi connectivity index (χ4n) is 4.03. The molecule has 0 amide bonds. The van der Waals surface area contributed by atoms with E-state index >= 15 is 8.78 Å². The first kappa shape index (κ1) is 40.2. The van der Waals surface area contributed by atoms with Gasteiger partial charge in [-0.3, -0.25) is 0 Å². The molecule has 0 saturated heterocycles. The lowest BCUT2D eigenvalue weighted by atomic mass is 9.91. The minimum Gasteiger partial charge on any atom is -0.202 e. The molecule has 49 heavy (non-hydrogen) atoms. The Kier molecular flexibility index (Phi) is 10.0. The highest BCUT2D eigenvalue weighted by Crippen LogP contribution is 2.72. The first-order valence-electron chi connectivity index (χ1n) is 12.6. The van der Waals surface area contributed by atoms with Crippen LogP contribution in [0.5, 0.6) is 0 Å². The summed E-state index contributed by atoms with van der Waals surface area (Å²) in [5, 5.41) is -7.85. The summed E-state index contributed by atoms with van der Waals surface area (Å²) in [6.45, 7) is 1.34. The highest BCUT2D eigenvalue weighted by molar-refractivity contribution is 8.33. The van der Waals surface area contributed by atoms with Crippen molar-refractivity contribution < 1.29 is 86.7 Å². The average Bonchev–Trinajstić information content (AvgIpc) is 2.99. The van der Waals surface area contributed by atoms with E-state index in [-0.39, 0.29) is 5.56 Å². The highest BCUT2D eigenvalue weighted by atomic mass is 32.3. The van der Waals surface area contributed by atoms with Crippen LogP contribution in [-0.2, 0) is 13.7 Å². The van der Waals surface area contributed by atoms with Gasteiger partial charge in [0.2, 0.25) is 0 Å². The number of aryl methyl sites for hydroxylation is 1. The molecule has 0 aliphatic rings. The zero-order chi connectivity index (χ0) is 37.9. The lowest BCUT2D eigenvalue weighted by Crippen LogP contribution is -2.75. The van der Waals surface area contributed by atoms with Crippen LogP contribution in [0.25, 0.3) is 0 Å². The molecule has 0 saturated carbocycles. The molecule has 0 heterocycles. The van der Waals surface area contributed by atoms with Crippen molar-refractivity contribution in [2.75, 3.05) is 0 Å². The van der Waals surface area contributed by atoms with Crippen LogP contribution >= 0.6 is 10.3 Å². The van der Waals surface area contributed by atoms with E-state index in [9.17, 15) is 74.3 Å². The van der Waals surface area contributed by atoms with Crippen LogP contribution in [-0.4, -0.2) is 55.4 Å². The third kappa shape index (κ3) is 5.79. The molecule has 0 N–H and O–H groups in total. The molecule has 0 aromatic heterocycles. The topological polar surface area (TPSA) is 43.4 Å². The summed E-state index contributed by atoms with van der Waals surface area (Å²) in [4.78, 5) is -1.43. The molecule has 0 aliphatic carbocycles. The summed E-state index contributed by atoms with van der Waals surface area (Å²) in [5.41, 5.74) is 0.198. The maximum Gasteiger partial charge on any atom is 0.460 e. The average molecular weight is 777 g/mol. The van der Waals surface area contributed by atoms with Crippen molar-refractivity contribution in [1.82, 2.24) is 0 Å². The minimum atomic E-state index is -8.96. The molecule has 3 aromatic rings. The van der Waals surface area contributed by atoms with E-state index < -0.39 is 82.1 Å². The van der Waals surface area contributed by atoms with Gasteiger partial charge in [-0.25, -0.2) is 3.63 Å². The Hall–Kier alpha value is -3.27. The summed E-state index contributed by atoms with van der Waals surface area (Å²) >= 11 is 0. The molecular formula is C27H17F17O3S2. The van der Waals surface area contributed by atoms with E-state index in [1.807, 2.05) is 0 Å². The lowest BCUT2D eigenvalue weighted by molar-refractivity contribution is -0.458. The fourth-order valence-corrected chi connectivity index (χ4v) is 9.35. The summed E-state index contributed by atoms with van der Waals surface area (Å²) in [7, 11) is -12.4. The lowest BCUT2D eigenvalue weighted by Gasteiger charge is -2.43. The quantitative estimate of drug-likeness (QED) is 0.172. The van der Waals surface area contributed by atoms with E-state index in [1.54, 1.807) is 0 Å². The predicted octanol–water partition coefficient (Wildman–Crippen LogP) is 10.5. The molecule has 0 fully saturated rings. The number of hydrogen-bond donors (Lipinski definition) is 0. The van der Waals surface area contributed by atoms with Crippen molar-refractivity contribution in [2.24, 2.45) is 0 Å². The monoisotopic (exact) mass is 776 g/mol. The first-order chi connectivity index (χ1) is 21.9. The van der Waals surface area contributed by atoms with Gasteiger partial charge < -0.3 is 0 Å². The van der Waals surface area contributed by atoms with Crippen LogP contribution in [0.2, 0.25) is 0 Å². The van der Waals surface area contributed by atoms with Gasteiger partial charge in [0, 0.05) is 14.7 Å². The Morgan fingerprint density at radius 1 is 0.449 bits per heavy atom. The van der Waals surface area contributed by atoms with Gasteiger partial charge in [0.15, 0.2) is 0 Å². The van der Waals surface area contributed by atoms with Gasteiger partial charge >= 0.3 is 57.1 Å². The maximum atomic E-state index is 15.2. The number of alkyl halides is 17. The predicted molar refractivity (Wildman–Crippen MR) is 137 cm³/mol. The molecule has 0 radical (unpaired) electrons. The molecule has 0 unspecified atom stereocenters. The summed E-state index contributed by atoms with van der Waals surface area (Å²) < 4.78 is 267. The van der Waals surface area contributed by atoms with Gasteiger partial charge in [0.05, 0.1) is 0 Å². The normalized spacial score (nSPS) is 15.3. The largest absolute Gasteiger partial charge is 0.460 e. The Morgan fingerprint density at radius 3 is 1.16 bits per heavy atom. The van der Waals surface area contributed by atoms with E-state index in [1.165, 1.54) is 25.1 Å². The Morgan fingerprint density at radius 2 is 0.796 bits per heavy atom. The van der Waals surface area contributed by atoms with Crippen molar-refractivity contribution in [3.05, 3.63) is 90.5 Å². The molecular weight excluding hydrogens is 759 g/mol. The number of benzene rings is 3. The van der Waals surface area contributed by atoms with Gasteiger partial charge in [0.25, 0.3) is 0 Å². The van der Waals surface area contributed by atoms with E-state index in [2.05, 4.69) is 3.63 Å². The van der Waals surface area contributed by atoms with Crippen LogP contribution in [0.4, 0.5) is 74.6 Å². The van der Waals surface area contributed by atoms with Crippen LogP contribution in [0, 0.1) is 6.92 Å². The van der Waals surface area contributed by atoms with Crippen LogP contribution in [0.15, 0.2) is 99.6 Å². The second-order valence-electron chi connectivity index (χ2n) is 9.98. The first-order valence-corrected chi connectivity index (χ1v) is 15.6. The number of hydrogen-bond acceptors (Lipinski definition) is 3. The molecule has 0 spiro atoms. The molecule has 0 bridgehead atoms. The molecule has 3 rings (SSSR count). The van der Waals surface area contributed by atoms with Crippen molar-refractivity contribution in [1.29, 1.82) is 0 Å². The number of rotatable bonds is 12. The zero-order valence-corrected chi connectivity index (χ0v) is 25.2. The van der Waals surface area contributed by atoms with Crippen LogP contribution in [0.1, 0.15) is 5.56 Å². The maximum absolute atomic E-state index is 15.2. The Balaban J connectivity index is 2.31. The third-order valence-corrected chi connectivity index (χ3v) is 11.9. The molecule has 22 heteroatoms. The SMILES string of the molecule is Cc1cccc(S(OS(=O)(=O)C(F)(F)C(F)(F)C(F)(F)C(F)(F)C(F)(F)C(F)(F)C(F)(F)C(F)(F)F)(c2ccccc2)c2ccccc2)c1. The zero-order valence-electron chi connectivity index (χ0n) is 23.5. The van der Waals surface area contributed by atoms with E-state index in [0.29, 0.717) is 0 Å². The van der Waals surface area contributed by atoms with Crippen molar-refractivity contribution in [2.45, 2.75) is 68.6 Å². The van der Waals surface area contributed by atoms with E-state index in [4.69, 9.17) is 0 Å². The minimum absolute atomic E-state index is 0.198. The van der Waals surface area contributed by atoms with Gasteiger partial charge in [0.1, 0.15) is 0 Å². The molecule has 274 valence electrons. The Bertz CT molecular complexity index is 1710. The second kappa shape index (κ2) is 12.2. The smallest absolute Gasteiger partial charge is 0.202 e. The third-order valence-electron chi connectivity index (χ3n) is 6.67. The van der Waals surface area contributed by atoms with Gasteiger partial charge in [-0.15, -0.1) is 0 Å². The van der Waals surface area contributed by atoms with Gasteiger partial charge in [-0.1, -0.05) is 48.5 Å². The summed E-state index contributed by atoms with van der Waals surface area (Å²) in [6.07, 6.45) is -7.92. The Labute approximate surface area is 266 Å².